The molecule has 1 aromatic carbocycles. The van der Waals surface area contributed by atoms with E-state index in [1.807, 2.05) is 11.8 Å². The standard InChI is InChI=1S/C14H20F2N2/c1-2-12-3-5-13(6-4-12)14(15,16)11-18-9-7-17-8-10-18/h3-6,17H,2,7-11H2,1H3. The van der Waals surface area contributed by atoms with Crippen LogP contribution in [0.1, 0.15) is 18.1 Å². The Morgan fingerprint density at radius 3 is 2.33 bits per heavy atom. The van der Waals surface area contributed by atoms with E-state index in [0.717, 1.165) is 25.1 Å². The second-order valence-electron chi connectivity index (χ2n) is 4.78. The Labute approximate surface area is 107 Å². The van der Waals surface area contributed by atoms with Crippen molar-refractivity contribution in [1.29, 1.82) is 0 Å². The molecule has 1 aliphatic rings. The number of nitrogens with one attached hydrogen (secondary N) is 1. The maximum atomic E-state index is 14.1. The van der Waals surface area contributed by atoms with Gasteiger partial charge in [-0.25, -0.2) is 0 Å². The summed E-state index contributed by atoms with van der Waals surface area (Å²) in [5, 5.41) is 3.17. The van der Waals surface area contributed by atoms with Gasteiger partial charge in [0.05, 0.1) is 6.54 Å². The van der Waals surface area contributed by atoms with Crippen LogP contribution in [0.2, 0.25) is 0 Å². The Morgan fingerprint density at radius 1 is 1.17 bits per heavy atom. The molecule has 0 aliphatic carbocycles. The number of halogens is 2. The summed E-state index contributed by atoms with van der Waals surface area (Å²) in [7, 11) is 0. The third-order valence-electron chi connectivity index (χ3n) is 3.42. The van der Waals surface area contributed by atoms with E-state index in [2.05, 4.69) is 5.32 Å². The molecule has 1 saturated heterocycles. The highest BCUT2D eigenvalue weighted by Crippen LogP contribution is 2.29. The number of nitrogens with zero attached hydrogens (tertiary/aromatic N) is 1. The molecule has 2 nitrogen and oxygen atoms in total. The third kappa shape index (κ3) is 3.27. The Bertz CT molecular complexity index is 370. The van der Waals surface area contributed by atoms with E-state index in [4.69, 9.17) is 0 Å². The second kappa shape index (κ2) is 5.76. The van der Waals surface area contributed by atoms with Gasteiger partial charge in [0.1, 0.15) is 0 Å². The minimum Gasteiger partial charge on any atom is -0.314 e. The molecule has 0 atom stereocenters. The number of rotatable bonds is 4. The van der Waals surface area contributed by atoms with Crippen LogP contribution >= 0.6 is 0 Å². The highest BCUT2D eigenvalue weighted by molar-refractivity contribution is 5.26. The highest BCUT2D eigenvalue weighted by Gasteiger charge is 2.34. The van der Waals surface area contributed by atoms with Crippen molar-refractivity contribution in [3.8, 4) is 0 Å². The average molecular weight is 254 g/mol. The number of alkyl halides is 2. The monoisotopic (exact) mass is 254 g/mol. The van der Waals surface area contributed by atoms with Gasteiger partial charge in [0.15, 0.2) is 0 Å². The van der Waals surface area contributed by atoms with Crippen LogP contribution in [0.15, 0.2) is 24.3 Å². The molecule has 0 unspecified atom stereocenters. The minimum absolute atomic E-state index is 0.123. The maximum Gasteiger partial charge on any atom is 0.285 e. The maximum absolute atomic E-state index is 14.1. The summed E-state index contributed by atoms with van der Waals surface area (Å²) in [6.07, 6.45) is 0.879. The van der Waals surface area contributed by atoms with E-state index in [1.54, 1.807) is 24.3 Å². The molecule has 0 saturated carbocycles. The van der Waals surface area contributed by atoms with Crippen molar-refractivity contribution in [3.05, 3.63) is 35.4 Å². The summed E-state index contributed by atoms with van der Waals surface area (Å²) in [5.41, 5.74) is 1.22. The quantitative estimate of drug-likeness (QED) is 0.886. The van der Waals surface area contributed by atoms with Crippen molar-refractivity contribution in [2.75, 3.05) is 32.7 Å². The van der Waals surface area contributed by atoms with Crippen LogP contribution < -0.4 is 5.32 Å². The van der Waals surface area contributed by atoms with Gasteiger partial charge in [-0.1, -0.05) is 31.2 Å². The molecular weight excluding hydrogens is 234 g/mol. The largest absolute Gasteiger partial charge is 0.314 e. The van der Waals surface area contributed by atoms with Gasteiger partial charge in [-0.05, 0) is 12.0 Å². The molecule has 0 radical (unpaired) electrons. The normalized spacial score (nSPS) is 17.9. The average Bonchev–Trinajstić information content (AvgIpc) is 2.39. The van der Waals surface area contributed by atoms with Crippen molar-refractivity contribution < 1.29 is 8.78 Å². The second-order valence-corrected chi connectivity index (χ2v) is 4.78. The summed E-state index contributed by atoms with van der Waals surface area (Å²) in [6, 6.07) is 6.70. The zero-order chi connectivity index (χ0) is 13.0. The Balaban J connectivity index is 2.03. The van der Waals surface area contributed by atoms with Crippen molar-refractivity contribution in [2.24, 2.45) is 0 Å². The summed E-state index contributed by atoms with van der Waals surface area (Å²) in [6.45, 7) is 4.83. The van der Waals surface area contributed by atoms with Crippen LogP contribution in [0.4, 0.5) is 8.78 Å². The molecule has 0 aromatic heterocycles. The van der Waals surface area contributed by atoms with Crippen LogP contribution in [0.3, 0.4) is 0 Å². The number of hydrogen-bond acceptors (Lipinski definition) is 2. The molecule has 0 amide bonds. The van der Waals surface area contributed by atoms with Crippen LogP contribution in [0.25, 0.3) is 0 Å². The smallest absolute Gasteiger partial charge is 0.285 e. The van der Waals surface area contributed by atoms with Gasteiger partial charge in [-0.15, -0.1) is 0 Å². The number of benzene rings is 1. The lowest BCUT2D eigenvalue weighted by Gasteiger charge is -2.30. The zero-order valence-corrected chi connectivity index (χ0v) is 10.8. The van der Waals surface area contributed by atoms with Crippen molar-refractivity contribution in [1.82, 2.24) is 10.2 Å². The first-order valence-corrected chi connectivity index (χ1v) is 6.52. The van der Waals surface area contributed by atoms with Gasteiger partial charge < -0.3 is 5.32 Å². The van der Waals surface area contributed by atoms with Crippen molar-refractivity contribution in [3.63, 3.8) is 0 Å². The van der Waals surface area contributed by atoms with Gasteiger partial charge in [-0.3, -0.25) is 4.90 Å². The predicted octanol–water partition coefficient (Wildman–Crippen LogP) is 2.25. The Kier molecular flexibility index (Phi) is 4.30. The molecule has 1 aromatic rings. The zero-order valence-electron chi connectivity index (χ0n) is 10.8. The summed E-state index contributed by atoms with van der Waals surface area (Å²) in [4.78, 5) is 1.82. The van der Waals surface area contributed by atoms with Gasteiger partial charge in [0, 0.05) is 31.7 Å². The lowest BCUT2D eigenvalue weighted by atomic mass is 10.0. The van der Waals surface area contributed by atoms with Crippen LogP contribution in [0.5, 0.6) is 0 Å². The molecule has 4 heteroatoms. The van der Waals surface area contributed by atoms with E-state index in [-0.39, 0.29) is 12.1 Å². The third-order valence-corrected chi connectivity index (χ3v) is 3.42. The fourth-order valence-corrected chi connectivity index (χ4v) is 2.23. The first-order chi connectivity index (χ1) is 8.62. The molecule has 2 rings (SSSR count). The first-order valence-electron chi connectivity index (χ1n) is 6.52. The van der Waals surface area contributed by atoms with Gasteiger partial charge in [0.25, 0.3) is 5.92 Å². The van der Waals surface area contributed by atoms with E-state index < -0.39 is 5.92 Å². The van der Waals surface area contributed by atoms with Crippen LogP contribution in [-0.4, -0.2) is 37.6 Å². The number of piperazine rings is 1. The van der Waals surface area contributed by atoms with Crippen LogP contribution in [-0.2, 0) is 12.3 Å². The van der Waals surface area contributed by atoms with Crippen LogP contribution in [0, 0.1) is 0 Å². The number of hydrogen-bond donors (Lipinski definition) is 1. The fraction of sp³-hybridized carbons (Fsp3) is 0.571. The summed E-state index contributed by atoms with van der Waals surface area (Å²) in [5.74, 6) is -2.76. The predicted molar refractivity (Wildman–Crippen MR) is 69.0 cm³/mol. The van der Waals surface area contributed by atoms with E-state index in [0.29, 0.717) is 13.1 Å². The van der Waals surface area contributed by atoms with Crippen molar-refractivity contribution >= 4 is 0 Å². The fourth-order valence-electron chi connectivity index (χ4n) is 2.23. The van der Waals surface area contributed by atoms with Crippen molar-refractivity contribution in [2.45, 2.75) is 19.3 Å². The topological polar surface area (TPSA) is 15.3 Å². The molecule has 1 heterocycles. The minimum atomic E-state index is -2.76. The Hall–Kier alpha value is -1.00. The summed E-state index contributed by atoms with van der Waals surface area (Å²) >= 11 is 0. The molecular formula is C14H20F2N2. The van der Waals surface area contributed by atoms with Gasteiger partial charge in [0.2, 0.25) is 0 Å². The molecule has 1 aliphatic heterocycles. The van der Waals surface area contributed by atoms with Gasteiger partial charge in [-0.2, -0.15) is 8.78 Å². The molecule has 18 heavy (non-hydrogen) atoms. The Morgan fingerprint density at radius 2 is 1.78 bits per heavy atom. The first kappa shape index (κ1) is 13.4. The lowest BCUT2D eigenvalue weighted by molar-refractivity contribution is -0.0400. The van der Waals surface area contributed by atoms with E-state index >= 15 is 0 Å². The molecule has 1 fully saturated rings. The van der Waals surface area contributed by atoms with Gasteiger partial charge >= 0.3 is 0 Å². The SMILES string of the molecule is CCc1ccc(C(F)(F)CN2CCNCC2)cc1. The lowest BCUT2D eigenvalue weighted by Crippen LogP contribution is -2.47. The highest BCUT2D eigenvalue weighted by atomic mass is 19.3. The summed E-state index contributed by atoms with van der Waals surface area (Å²) < 4.78 is 28.2. The number of aryl methyl sites for hydroxylation is 1. The molecule has 0 spiro atoms. The van der Waals surface area contributed by atoms with E-state index in [1.165, 1.54) is 0 Å². The molecule has 1 N–H and O–H groups in total. The van der Waals surface area contributed by atoms with E-state index in [9.17, 15) is 8.78 Å². The molecule has 0 bridgehead atoms. The molecule has 100 valence electrons.